The van der Waals surface area contributed by atoms with Crippen LogP contribution in [0.15, 0.2) is 29.3 Å². The number of hydrogen-bond donors (Lipinski definition) is 0. The number of nitriles is 1. The van der Waals surface area contributed by atoms with Gasteiger partial charge in [0.05, 0.1) is 24.2 Å². The first-order valence-electron chi connectivity index (χ1n) is 6.90. The third kappa shape index (κ3) is 2.77. The molecule has 8 heteroatoms. The van der Waals surface area contributed by atoms with E-state index in [0.29, 0.717) is 37.8 Å². The van der Waals surface area contributed by atoms with Gasteiger partial charge < -0.3 is 9.47 Å². The average molecular weight is 302 g/mol. The quantitative estimate of drug-likeness (QED) is 0.608. The first-order valence-corrected chi connectivity index (χ1v) is 6.90. The zero-order chi connectivity index (χ0) is 15.5. The maximum atomic E-state index is 10.7. The number of hydrogen-bond acceptors (Lipinski definition) is 7. The monoisotopic (exact) mass is 302 g/mol. The van der Waals surface area contributed by atoms with E-state index < -0.39 is 17.2 Å². The van der Waals surface area contributed by atoms with E-state index in [1.165, 1.54) is 12.1 Å². The largest absolute Gasteiger partial charge is 0.455 e. The van der Waals surface area contributed by atoms with Gasteiger partial charge in [-0.2, -0.15) is 5.26 Å². The summed E-state index contributed by atoms with van der Waals surface area (Å²) in [6.45, 7) is 2.58. The zero-order valence-electron chi connectivity index (χ0n) is 11.7. The predicted molar refractivity (Wildman–Crippen MR) is 76.3 cm³/mol. The summed E-state index contributed by atoms with van der Waals surface area (Å²) in [5.74, 6) is 0.345. The summed E-state index contributed by atoms with van der Waals surface area (Å²) in [6.07, 6.45) is -0.431. The van der Waals surface area contributed by atoms with Gasteiger partial charge in [0.2, 0.25) is 5.90 Å². The Labute approximate surface area is 126 Å². The van der Waals surface area contributed by atoms with Gasteiger partial charge in [-0.25, -0.2) is 4.99 Å². The summed E-state index contributed by atoms with van der Waals surface area (Å²) in [6, 6.07) is 7.47. The third-order valence-corrected chi connectivity index (χ3v) is 3.62. The molecule has 0 spiro atoms. The van der Waals surface area contributed by atoms with Crippen molar-refractivity contribution >= 4 is 11.6 Å². The molecular formula is C14H14N4O4. The molecule has 8 nitrogen and oxygen atoms in total. The van der Waals surface area contributed by atoms with Gasteiger partial charge in [-0.05, 0) is 12.1 Å². The zero-order valence-corrected chi connectivity index (χ0v) is 11.7. The Morgan fingerprint density at radius 1 is 1.32 bits per heavy atom. The molecule has 0 N–H and O–H groups in total. The third-order valence-electron chi connectivity index (χ3n) is 3.62. The molecule has 0 amide bonds. The summed E-state index contributed by atoms with van der Waals surface area (Å²) < 4.78 is 11.1. The Morgan fingerprint density at radius 2 is 2.00 bits per heavy atom. The molecule has 114 valence electrons. The predicted octanol–water partition coefficient (Wildman–Crippen LogP) is 0.922. The van der Waals surface area contributed by atoms with Gasteiger partial charge in [0.25, 0.3) is 5.69 Å². The van der Waals surface area contributed by atoms with Gasteiger partial charge in [0.1, 0.15) is 0 Å². The molecular weight excluding hydrogens is 288 g/mol. The number of nitro benzene ring substituents is 1. The molecule has 0 radical (unpaired) electrons. The van der Waals surface area contributed by atoms with Crippen LogP contribution in [0.2, 0.25) is 0 Å². The van der Waals surface area contributed by atoms with Crippen LogP contribution >= 0.6 is 0 Å². The van der Waals surface area contributed by atoms with Crippen molar-refractivity contribution in [3.8, 4) is 6.07 Å². The Balaban J connectivity index is 1.77. The van der Waals surface area contributed by atoms with Gasteiger partial charge in [0.15, 0.2) is 12.3 Å². The molecule has 2 aliphatic rings. The maximum absolute atomic E-state index is 10.7. The van der Waals surface area contributed by atoms with Crippen LogP contribution in [0.25, 0.3) is 0 Å². The highest BCUT2D eigenvalue weighted by molar-refractivity contribution is 5.95. The van der Waals surface area contributed by atoms with Crippen molar-refractivity contribution in [3.63, 3.8) is 0 Å². The summed E-state index contributed by atoms with van der Waals surface area (Å²) in [7, 11) is 0. The Bertz CT molecular complexity index is 631. The highest BCUT2D eigenvalue weighted by Crippen LogP contribution is 2.23. The molecule has 1 fully saturated rings. The molecule has 1 saturated heterocycles. The fraction of sp³-hybridized carbons (Fsp3) is 0.429. The lowest BCUT2D eigenvalue weighted by molar-refractivity contribution is -0.384. The van der Waals surface area contributed by atoms with Crippen LogP contribution in [0.5, 0.6) is 0 Å². The number of nitro groups is 1. The maximum Gasteiger partial charge on any atom is 0.269 e. The lowest BCUT2D eigenvalue weighted by atomic mass is 10.2. The number of ether oxygens (including phenoxy) is 2. The fourth-order valence-corrected chi connectivity index (χ4v) is 2.47. The van der Waals surface area contributed by atoms with Crippen LogP contribution in [0.1, 0.15) is 5.56 Å². The molecule has 22 heavy (non-hydrogen) atoms. The second-order valence-corrected chi connectivity index (χ2v) is 4.97. The van der Waals surface area contributed by atoms with Gasteiger partial charge in [-0.3, -0.25) is 15.0 Å². The van der Waals surface area contributed by atoms with Crippen LogP contribution in [-0.2, 0) is 9.47 Å². The summed E-state index contributed by atoms with van der Waals surface area (Å²) >= 11 is 0. The highest BCUT2D eigenvalue weighted by atomic mass is 16.6. The van der Waals surface area contributed by atoms with E-state index in [9.17, 15) is 15.4 Å². The summed E-state index contributed by atoms with van der Waals surface area (Å²) in [5, 5.41) is 19.9. The van der Waals surface area contributed by atoms with Crippen molar-refractivity contribution in [2.45, 2.75) is 12.3 Å². The van der Waals surface area contributed by atoms with Crippen LogP contribution < -0.4 is 0 Å². The van der Waals surface area contributed by atoms with E-state index in [0.717, 1.165) is 0 Å². The van der Waals surface area contributed by atoms with Crippen molar-refractivity contribution < 1.29 is 14.4 Å². The molecule has 1 aromatic carbocycles. The van der Waals surface area contributed by atoms with Crippen molar-refractivity contribution in [1.82, 2.24) is 4.90 Å². The van der Waals surface area contributed by atoms with Gasteiger partial charge in [-0.15, -0.1) is 0 Å². The molecule has 0 aromatic heterocycles. The molecule has 0 unspecified atom stereocenters. The first kappa shape index (κ1) is 14.4. The lowest BCUT2D eigenvalue weighted by Crippen LogP contribution is -2.47. The topological polar surface area (TPSA) is 101 Å². The van der Waals surface area contributed by atoms with Crippen LogP contribution in [0.4, 0.5) is 5.69 Å². The minimum atomic E-state index is -0.608. The Morgan fingerprint density at radius 3 is 2.59 bits per heavy atom. The van der Waals surface area contributed by atoms with Crippen molar-refractivity contribution in [2.24, 2.45) is 4.99 Å². The number of aliphatic imine (C=N–C) groups is 1. The minimum Gasteiger partial charge on any atom is -0.455 e. The molecule has 2 aliphatic heterocycles. The summed E-state index contributed by atoms with van der Waals surface area (Å²) in [5.41, 5.74) is 0.630. The average Bonchev–Trinajstić information content (AvgIpc) is 3.00. The Hall–Kier alpha value is -2.50. The SMILES string of the molecule is N#C[C@H]1N=C(c2ccc([N+](=O)[O-])cc2)O[C@@H]1N1CCOCC1. The molecule has 0 aliphatic carbocycles. The van der Waals surface area contributed by atoms with Crippen LogP contribution in [0, 0.1) is 21.4 Å². The van der Waals surface area contributed by atoms with E-state index in [1.807, 2.05) is 4.90 Å². The van der Waals surface area contributed by atoms with E-state index in [1.54, 1.807) is 12.1 Å². The minimum absolute atomic E-state index is 0.00362. The number of benzene rings is 1. The molecule has 1 aromatic rings. The molecule has 0 bridgehead atoms. The normalized spacial score (nSPS) is 25.1. The van der Waals surface area contributed by atoms with Crippen LogP contribution in [-0.4, -0.2) is 54.3 Å². The van der Waals surface area contributed by atoms with Gasteiger partial charge in [0, 0.05) is 30.8 Å². The van der Waals surface area contributed by atoms with E-state index in [2.05, 4.69) is 11.1 Å². The smallest absolute Gasteiger partial charge is 0.269 e. The molecule has 2 atom stereocenters. The Kier molecular flexibility index (Phi) is 4.00. The molecule has 0 saturated carbocycles. The van der Waals surface area contributed by atoms with Crippen molar-refractivity contribution in [3.05, 3.63) is 39.9 Å². The van der Waals surface area contributed by atoms with Gasteiger partial charge in [-0.1, -0.05) is 0 Å². The van der Waals surface area contributed by atoms with Crippen LogP contribution in [0.3, 0.4) is 0 Å². The highest BCUT2D eigenvalue weighted by Gasteiger charge is 2.37. The number of non-ortho nitro benzene ring substituents is 1. The van der Waals surface area contributed by atoms with E-state index >= 15 is 0 Å². The molecule has 3 rings (SSSR count). The number of nitrogens with zero attached hydrogens (tertiary/aromatic N) is 4. The van der Waals surface area contributed by atoms with Gasteiger partial charge >= 0.3 is 0 Å². The van der Waals surface area contributed by atoms with Crippen molar-refractivity contribution in [2.75, 3.05) is 26.3 Å². The van der Waals surface area contributed by atoms with Crippen molar-refractivity contribution in [1.29, 1.82) is 5.26 Å². The second-order valence-electron chi connectivity index (χ2n) is 4.97. The van der Waals surface area contributed by atoms with E-state index in [4.69, 9.17) is 9.47 Å². The second kappa shape index (κ2) is 6.09. The fourth-order valence-electron chi connectivity index (χ4n) is 2.47. The lowest BCUT2D eigenvalue weighted by Gasteiger charge is -2.32. The van der Waals surface area contributed by atoms with E-state index in [-0.39, 0.29) is 5.69 Å². The standard InChI is InChI=1S/C14H14N4O4/c15-9-12-14(17-5-7-21-8-6-17)22-13(16-12)10-1-3-11(4-2-10)18(19)20/h1-4,12,14H,5-8H2/t12-,14+/m1/s1. The molecule has 2 heterocycles. The summed E-state index contributed by atoms with van der Waals surface area (Å²) in [4.78, 5) is 16.5. The number of rotatable bonds is 3. The number of morpholine rings is 1. The first-order chi connectivity index (χ1) is 10.7.